The minimum absolute atomic E-state index is 0.169. The Morgan fingerprint density at radius 1 is 1.18 bits per heavy atom. The van der Waals surface area contributed by atoms with E-state index in [1.807, 2.05) is 10.9 Å². The Morgan fingerprint density at radius 3 is 2.59 bits per heavy atom. The molecule has 3 rings (SSSR count). The van der Waals surface area contributed by atoms with E-state index in [4.69, 9.17) is 0 Å². The van der Waals surface area contributed by atoms with E-state index < -0.39 is 6.10 Å². The molecule has 2 aromatic rings. The minimum Gasteiger partial charge on any atom is -0.393 e. The van der Waals surface area contributed by atoms with E-state index in [0.29, 0.717) is 13.1 Å². The lowest BCUT2D eigenvalue weighted by Gasteiger charge is -2.31. The zero-order valence-corrected chi connectivity index (χ0v) is 13.4. The molecule has 5 heteroatoms. The predicted molar refractivity (Wildman–Crippen MR) is 86.9 cm³/mol. The number of likely N-dealkylation sites (tertiary alicyclic amines) is 1. The first-order valence-electron chi connectivity index (χ1n) is 8.03. The third kappa shape index (κ3) is 3.32. The largest absolute Gasteiger partial charge is 0.393 e. The average Bonchev–Trinajstić information content (AvgIpc) is 2.84. The van der Waals surface area contributed by atoms with Crippen LogP contribution in [0, 0.1) is 13.8 Å². The van der Waals surface area contributed by atoms with Crippen LogP contribution in [0.4, 0.5) is 0 Å². The Morgan fingerprint density at radius 2 is 1.86 bits per heavy atom. The quantitative estimate of drug-likeness (QED) is 0.898. The highest BCUT2D eigenvalue weighted by Crippen LogP contribution is 2.19. The standard InChI is InChI=1S/C17H25N3O2/c1-12-7-16-17(8-13(12)2)20(11-18-16)10-15(22)9-19-5-3-14(21)4-6-19/h7-8,11,14-15,21-22H,3-6,9-10H2,1-2H3/t15-/m0/s1. The first-order chi connectivity index (χ1) is 10.5. The maximum Gasteiger partial charge on any atom is 0.0959 e. The molecule has 0 saturated carbocycles. The number of benzene rings is 1. The van der Waals surface area contributed by atoms with Gasteiger partial charge in [-0.1, -0.05) is 0 Å². The molecule has 2 N–H and O–H groups in total. The number of aromatic nitrogens is 2. The molecule has 1 atom stereocenters. The number of piperidine rings is 1. The van der Waals surface area contributed by atoms with Crippen LogP contribution in [0.15, 0.2) is 18.5 Å². The summed E-state index contributed by atoms with van der Waals surface area (Å²) in [5.74, 6) is 0. The Balaban J connectivity index is 1.66. The summed E-state index contributed by atoms with van der Waals surface area (Å²) in [5.41, 5.74) is 4.55. The fourth-order valence-corrected chi connectivity index (χ4v) is 3.14. The molecule has 0 amide bonds. The van der Waals surface area contributed by atoms with Crippen LogP contribution in [0.1, 0.15) is 24.0 Å². The van der Waals surface area contributed by atoms with Crippen molar-refractivity contribution in [1.82, 2.24) is 14.5 Å². The number of nitrogens with zero attached hydrogens (tertiary/aromatic N) is 3. The van der Waals surface area contributed by atoms with Gasteiger partial charge in [0.15, 0.2) is 0 Å². The van der Waals surface area contributed by atoms with Gasteiger partial charge in [-0.3, -0.25) is 0 Å². The van der Waals surface area contributed by atoms with E-state index in [9.17, 15) is 10.2 Å². The summed E-state index contributed by atoms with van der Waals surface area (Å²) in [6.45, 7) is 7.12. The maximum absolute atomic E-state index is 10.4. The van der Waals surface area contributed by atoms with Crippen molar-refractivity contribution >= 4 is 11.0 Å². The van der Waals surface area contributed by atoms with Gasteiger partial charge in [0, 0.05) is 19.6 Å². The van der Waals surface area contributed by atoms with Crippen molar-refractivity contribution in [2.24, 2.45) is 0 Å². The molecule has 1 aromatic heterocycles. The van der Waals surface area contributed by atoms with Crippen molar-refractivity contribution in [3.63, 3.8) is 0 Å². The number of aryl methyl sites for hydroxylation is 2. The molecule has 1 fully saturated rings. The Kier molecular flexibility index (Phi) is 4.47. The van der Waals surface area contributed by atoms with E-state index in [-0.39, 0.29) is 6.10 Å². The third-order valence-electron chi connectivity index (χ3n) is 4.67. The summed E-state index contributed by atoms with van der Waals surface area (Å²) in [5, 5.41) is 19.9. The predicted octanol–water partition coefficient (Wildman–Crippen LogP) is 1.47. The van der Waals surface area contributed by atoms with Crippen LogP contribution in [0.2, 0.25) is 0 Å². The van der Waals surface area contributed by atoms with Crippen molar-refractivity contribution in [3.05, 3.63) is 29.6 Å². The fourth-order valence-electron chi connectivity index (χ4n) is 3.14. The van der Waals surface area contributed by atoms with Crippen molar-refractivity contribution in [3.8, 4) is 0 Å². The second-order valence-corrected chi connectivity index (χ2v) is 6.51. The summed E-state index contributed by atoms with van der Waals surface area (Å²) in [7, 11) is 0. The topological polar surface area (TPSA) is 61.5 Å². The molecule has 1 aromatic carbocycles. The molecule has 0 bridgehead atoms. The molecule has 5 nitrogen and oxygen atoms in total. The summed E-state index contributed by atoms with van der Waals surface area (Å²) in [6.07, 6.45) is 2.83. The van der Waals surface area contributed by atoms with Crippen molar-refractivity contribution in [2.75, 3.05) is 19.6 Å². The number of hydrogen-bond acceptors (Lipinski definition) is 4. The fraction of sp³-hybridized carbons (Fsp3) is 0.588. The van der Waals surface area contributed by atoms with Gasteiger partial charge in [0.1, 0.15) is 0 Å². The summed E-state index contributed by atoms with van der Waals surface area (Å²) in [6, 6.07) is 4.24. The van der Waals surface area contributed by atoms with E-state index in [2.05, 4.69) is 35.9 Å². The van der Waals surface area contributed by atoms with Gasteiger partial charge in [0.25, 0.3) is 0 Å². The van der Waals surface area contributed by atoms with Crippen LogP contribution in [0.3, 0.4) is 0 Å². The second-order valence-electron chi connectivity index (χ2n) is 6.51. The Bertz CT molecular complexity index is 645. The minimum atomic E-state index is -0.422. The van der Waals surface area contributed by atoms with Gasteiger partial charge in [0.05, 0.1) is 36.1 Å². The highest BCUT2D eigenvalue weighted by atomic mass is 16.3. The van der Waals surface area contributed by atoms with Crippen molar-refractivity contribution < 1.29 is 10.2 Å². The number of fused-ring (bicyclic) bond motifs is 1. The highest BCUT2D eigenvalue weighted by Gasteiger charge is 2.19. The Hall–Kier alpha value is -1.43. The number of hydrogen-bond donors (Lipinski definition) is 2. The SMILES string of the molecule is Cc1cc2ncn(C[C@@H](O)CN3CCC(O)CC3)c2cc1C. The molecule has 22 heavy (non-hydrogen) atoms. The van der Waals surface area contributed by atoms with Crippen molar-refractivity contribution in [1.29, 1.82) is 0 Å². The monoisotopic (exact) mass is 303 g/mol. The van der Waals surface area contributed by atoms with Crippen LogP contribution < -0.4 is 0 Å². The molecule has 0 aliphatic carbocycles. The summed E-state index contributed by atoms with van der Waals surface area (Å²) >= 11 is 0. The van der Waals surface area contributed by atoms with Crippen LogP contribution >= 0.6 is 0 Å². The normalized spacial score (nSPS) is 18.9. The number of imidazole rings is 1. The summed E-state index contributed by atoms with van der Waals surface area (Å²) in [4.78, 5) is 6.66. The van der Waals surface area contributed by atoms with Gasteiger partial charge in [-0.2, -0.15) is 0 Å². The first-order valence-corrected chi connectivity index (χ1v) is 8.03. The average molecular weight is 303 g/mol. The van der Waals surface area contributed by atoms with Crippen LogP contribution in [0.5, 0.6) is 0 Å². The number of aliphatic hydroxyl groups is 2. The van der Waals surface area contributed by atoms with Gasteiger partial charge < -0.3 is 19.7 Å². The zero-order valence-electron chi connectivity index (χ0n) is 13.4. The number of β-amino-alcohol motifs (C(OH)–C–C–N with tert-alkyl or cyclic N) is 1. The first kappa shape index (κ1) is 15.5. The molecule has 1 aliphatic rings. The lowest BCUT2D eigenvalue weighted by Crippen LogP contribution is -2.41. The number of rotatable bonds is 4. The molecule has 0 spiro atoms. The van der Waals surface area contributed by atoms with Gasteiger partial charge >= 0.3 is 0 Å². The van der Waals surface area contributed by atoms with Crippen molar-refractivity contribution in [2.45, 2.75) is 45.4 Å². The third-order valence-corrected chi connectivity index (χ3v) is 4.67. The number of aliphatic hydroxyl groups excluding tert-OH is 2. The molecule has 120 valence electrons. The molecular weight excluding hydrogens is 278 g/mol. The maximum atomic E-state index is 10.4. The molecule has 0 unspecified atom stereocenters. The molecular formula is C17H25N3O2. The second kappa shape index (κ2) is 6.36. The Labute approximate surface area is 131 Å². The van der Waals surface area contributed by atoms with Crippen LogP contribution in [-0.4, -0.2) is 56.5 Å². The van der Waals surface area contributed by atoms with E-state index in [0.717, 1.165) is 37.0 Å². The van der Waals surface area contributed by atoms with Gasteiger partial charge in [-0.15, -0.1) is 0 Å². The van der Waals surface area contributed by atoms with Crippen LogP contribution in [-0.2, 0) is 6.54 Å². The molecule has 1 saturated heterocycles. The molecule has 0 radical (unpaired) electrons. The summed E-state index contributed by atoms with van der Waals surface area (Å²) < 4.78 is 2.03. The van der Waals surface area contributed by atoms with Gasteiger partial charge in [-0.05, 0) is 49.9 Å². The smallest absolute Gasteiger partial charge is 0.0959 e. The molecule has 1 aliphatic heterocycles. The molecule has 2 heterocycles. The van der Waals surface area contributed by atoms with Crippen LogP contribution in [0.25, 0.3) is 11.0 Å². The zero-order chi connectivity index (χ0) is 15.7. The van der Waals surface area contributed by atoms with Gasteiger partial charge in [0.2, 0.25) is 0 Å². The lowest BCUT2D eigenvalue weighted by atomic mass is 10.1. The van der Waals surface area contributed by atoms with E-state index >= 15 is 0 Å². The van der Waals surface area contributed by atoms with E-state index in [1.165, 1.54) is 11.1 Å². The van der Waals surface area contributed by atoms with Gasteiger partial charge in [-0.25, -0.2) is 4.98 Å². The van der Waals surface area contributed by atoms with E-state index in [1.54, 1.807) is 0 Å². The lowest BCUT2D eigenvalue weighted by molar-refractivity contribution is 0.0462. The highest BCUT2D eigenvalue weighted by molar-refractivity contribution is 5.77.